The highest BCUT2D eigenvalue weighted by molar-refractivity contribution is 9.10. The van der Waals surface area contributed by atoms with Crippen molar-refractivity contribution in [3.8, 4) is 0 Å². The average Bonchev–Trinajstić information content (AvgIpc) is 3.12. The summed E-state index contributed by atoms with van der Waals surface area (Å²) in [5.74, 6) is 0.640. The molecule has 0 unspecified atom stereocenters. The molecule has 0 aliphatic rings. The van der Waals surface area contributed by atoms with E-state index < -0.39 is 10.0 Å². The molecule has 3 rings (SSSR count). The number of aryl methyl sites for hydroxylation is 1. The first kappa shape index (κ1) is 16.3. The van der Waals surface area contributed by atoms with E-state index in [1.807, 2.05) is 0 Å². The first-order valence-electron chi connectivity index (χ1n) is 6.51. The summed E-state index contributed by atoms with van der Waals surface area (Å²) >= 11 is 4.61. The van der Waals surface area contributed by atoms with Crippen molar-refractivity contribution in [1.29, 1.82) is 0 Å². The molecule has 0 atom stereocenters. The Morgan fingerprint density at radius 3 is 2.87 bits per heavy atom. The molecule has 0 fully saturated rings. The Balaban J connectivity index is 1.85. The lowest BCUT2D eigenvalue weighted by Crippen LogP contribution is -2.17. The molecule has 3 aromatic heterocycles. The van der Waals surface area contributed by atoms with Crippen LogP contribution in [0.1, 0.15) is 4.88 Å². The fourth-order valence-corrected chi connectivity index (χ4v) is 4.78. The number of nitrogens with one attached hydrogen (secondary N) is 2. The van der Waals surface area contributed by atoms with Gasteiger partial charge in [0, 0.05) is 11.9 Å². The highest BCUT2D eigenvalue weighted by Gasteiger charge is 2.16. The van der Waals surface area contributed by atoms with E-state index in [0.717, 1.165) is 10.3 Å². The molecule has 122 valence electrons. The zero-order valence-corrected chi connectivity index (χ0v) is 15.5. The third-order valence-corrected chi connectivity index (χ3v) is 6.73. The molecule has 0 spiro atoms. The van der Waals surface area contributed by atoms with Gasteiger partial charge in [-0.15, -0.1) is 11.3 Å². The minimum Gasteiger partial charge on any atom is -0.364 e. The summed E-state index contributed by atoms with van der Waals surface area (Å²) in [5, 5.41) is 8.25. The summed E-state index contributed by atoms with van der Waals surface area (Å²) in [7, 11) is -0.207. The fraction of sp³-hybridized carbons (Fsp3) is 0.250. The van der Waals surface area contributed by atoms with Crippen molar-refractivity contribution in [2.75, 3.05) is 12.4 Å². The molecule has 2 N–H and O–H groups in total. The topological polar surface area (TPSA) is 102 Å². The van der Waals surface area contributed by atoms with E-state index in [9.17, 15) is 8.42 Å². The van der Waals surface area contributed by atoms with Crippen LogP contribution in [-0.2, 0) is 23.6 Å². The first-order valence-corrected chi connectivity index (χ1v) is 9.61. The third kappa shape index (κ3) is 3.09. The van der Waals surface area contributed by atoms with E-state index in [1.54, 1.807) is 23.9 Å². The Hall–Kier alpha value is -1.56. The lowest BCUT2D eigenvalue weighted by molar-refractivity contribution is 0.590. The molecule has 0 radical (unpaired) electrons. The molecule has 3 heterocycles. The Morgan fingerprint density at radius 2 is 2.13 bits per heavy atom. The van der Waals surface area contributed by atoms with Gasteiger partial charge in [0.1, 0.15) is 21.0 Å². The monoisotopic (exact) mass is 416 g/mol. The summed E-state index contributed by atoms with van der Waals surface area (Å²) in [6.45, 7) is 0.456. The summed E-state index contributed by atoms with van der Waals surface area (Å²) in [5.41, 5.74) is 0.707. The summed E-state index contributed by atoms with van der Waals surface area (Å²) in [4.78, 5) is 9.32. The number of nitrogens with zero attached hydrogens (tertiary/aromatic N) is 4. The molecule has 0 bridgehead atoms. The van der Waals surface area contributed by atoms with Crippen LogP contribution in [0.3, 0.4) is 0 Å². The maximum atomic E-state index is 11.8. The van der Waals surface area contributed by atoms with Gasteiger partial charge in [0.05, 0.1) is 11.9 Å². The summed E-state index contributed by atoms with van der Waals surface area (Å²) in [6.07, 6.45) is 1.46. The van der Waals surface area contributed by atoms with Gasteiger partial charge in [-0.1, -0.05) is 0 Å². The summed E-state index contributed by atoms with van der Waals surface area (Å²) < 4.78 is 28.4. The number of halogens is 1. The van der Waals surface area contributed by atoms with Gasteiger partial charge in [-0.05, 0) is 35.1 Å². The number of hydrogen-bond donors (Lipinski definition) is 2. The summed E-state index contributed by atoms with van der Waals surface area (Å²) in [6, 6.07) is 3.36. The van der Waals surface area contributed by atoms with Crippen LogP contribution in [0.25, 0.3) is 11.0 Å². The third-order valence-electron chi connectivity index (χ3n) is 3.18. The smallest absolute Gasteiger partial charge is 0.249 e. The van der Waals surface area contributed by atoms with E-state index in [-0.39, 0.29) is 4.21 Å². The number of anilines is 1. The van der Waals surface area contributed by atoms with Gasteiger partial charge in [0.15, 0.2) is 5.65 Å². The standard InChI is InChI=1S/C12H13BrN6O2S2/c1-14-23(20,21)8-4-3-7(22-8)5-15-11-9-10(13)18-19(2)12(9)17-6-16-11/h3-4,6,14H,5H2,1-2H3,(H,15,16,17). The van der Waals surface area contributed by atoms with Crippen LogP contribution in [0.2, 0.25) is 0 Å². The quantitative estimate of drug-likeness (QED) is 0.656. The van der Waals surface area contributed by atoms with Crippen LogP contribution in [0.5, 0.6) is 0 Å². The lowest BCUT2D eigenvalue weighted by atomic mass is 10.4. The van der Waals surface area contributed by atoms with Crippen molar-refractivity contribution >= 4 is 54.1 Å². The number of aromatic nitrogens is 4. The molecule has 0 aliphatic heterocycles. The molecule has 0 aromatic carbocycles. The molecular formula is C12H13BrN6O2S2. The van der Waals surface area contributed by atoms with Gasteiger partial charge in [0.25, 0.3) is 0 Å². The van der Waals surface area contributed by atoms with Crippen LogP contribution in [0.15, 0.2) is 27.3 Å². The van der Waals surface area contributed by atoms with Gasteiger partial charge in [-0.2, -0.15) is 5.10 Å². The Kier molecular flexibility index (Phi) is 4.36. The predicted molar refractivity (Wildman–Crippen MR) is 91.9 cm³/mol. The Bertz CT molecular complexity index is 965. The lowest BCUT2D eigenvalue weighted by Gasteiger charge is -2.05. The van der Waals surface area contributed by atoms with Crippen molar-refractivity contribution in [2.45, 2.75) is 10.8 Å². The highest BCUT2D eigenvalue weighted by Crippen LogP contribution is 2.28. The van der Waals surface area contributed by atoms with Crippen molar-refractivity contribution in [1.82, 2.24) is 24.5 Å². The average molecular weight is 417 g/mol. The number of sulfonamides is 1. The van der Waals surface area contributed by atoms with Crippen molar-refractivity contribution in [3.05, 3.63) is 27.9 Å². The van der Waals surface area contributed by atoms with Crippen LogP contribution in [0.4, 0.5) is 5.82 Å². The zero-order valence-electron chi connectivity index (χ0n) is 12.2. The van der Waals surface area contributed by atoms with Gasteiger partial charge in [0.2, 0.25) is 10.0 Å². The second kappa shape index (κ2) is 6.15. The molecule has 0 saturated heterocycles. The van der Waals surface area contributed by atoms with Crippen LogP contribution < -0.4 is 10.0 Å². The maximum absolute atomic E-state index is 11.8. The minimum absolute atomic E-state index is 0.284. The van der Waals surface area contributed by atoms with Gasteiger partial charge in [-0.25, -0.2) is 27.8 Å². The van der Waals surface area contributed by atoms with Crippen molar-refractivity contribution in [2.24, 2.45) is 7.05 Å². The normalized spacial score (nSPS) is 12.0. The van der Waals surface area contributed by atoms with Crippen molar-refractivity contribution in [3.63, 3.8) is 0 Å². The predicted octanol–water partition coefficient (Wildman–Crippen LogP) is 1.71. The van der Waals surface area contributed by atoms with Gasteiger partial charge in [-0.3, -0.25) is 0 Å². The van der Waals surface area contributed by atoms with E-state index in [4.69, 9.17) is 0 Å². The van der Waals surface area contributed by atoms with Crippen molar-refractivity contribution < 1.29 is 8.42 Å². The molecule has 3 aromatic rings. The Labute approximate surface area is 145 Å². The molecule has 0 amide bonds. The Morgan fingerprint density at radius 1 is 1.35 bits per heavy atom. The van der Waals surface area contributed by atoms with Crippen LogP contribution in [0, 0.1) is 0 Å². The number of hydrogen-bond acceptors (Lipinski definition) is 7. The van der Waals surface area contributed by atoms with E-state index >= 15 is 0 Å². The van der Waals surface area contributed by atoms with E-state index in [2.05, 4.69) is 41.0 Å². The number of thiophene rings is 1. The zero-order chi connectivity index (χ0) is 16.6. The molecule has 11 heteroatoms. The van der Waals surface area contributed by atoms with Crippen LogP contribution >= 0.6 is 27.3 Å². The maximum Gasteiger partial charge on any atom is 0.249 e. The number of rotatable bonds is 5. The second-order valence-corrected chi connectivity index (χ2v) is 8.65. The molecule has 8 nitrogen and oxygen atoms in total. The molecular weight excluding hydrogens is 404 g/mol. The second-order valence-electron chi connectivity index (χ2n) is 4.62. The molecule has 23 heavy (non-hydrogen) atoms. The SMILES string of the molecule is CNS(=O)(=O)c1ccc(CNc2ncnc3c2c(Br)nn3C)s1. The van der Waals surface area contributed by atoms with E-state index in [1.165, 1.54) is 24.7 Å². The van der Waals surface area contributed by atoms with Gasteiger partial charge >= 0.3 is 0 Å². The number of fused-ring (bicyclic) bond motifs is 1. The highest BCUT2D eigenvalue weighted by atomic mass is 79.9. The molecule has 0 saturated carbocycles. The largest absolute Gasteiger partial charge is 0.364 e. The van der Waals surface area contributed by atoms with Crippen LogP contribution in [-0.4, -0.2) is 35.2 Å². The minimum atomic E-state index is -3.40. The molecule has 0 aliphatic carbocycles. The van der Waals surface area contributed by atoms with Gasteiger partial charge < -0.3 is 5.32 Å². The first-order chi connectivity index (χ1) is 10.9. The fourth-order valence-electron chi connectivity index (χ4n) is 2.04. The van der Waals surface area contributed by atoms with E-state index in [0.29, 0.717) is 22.6 Å².